The lowest BCUT2D eigenvalue weighted by atomic mass is 9.97. The fourth-order valence-electron chi connectivity index (χ4n) is 3.00. The van der Waals surface area contributed by atoms with E-state index < -0.39 is 0 Å². The highest BCUT2D eigenvalue weighted by atomic mass is 16.1. The zero-order valence-corrected chi connectivity index (χ0v) is 11.2. The number of hydrogen-bond donors (Lipinski definition) is 0. The Morgan fingerprint density at radius 1 is 1.20 bits per heavy atom. The van der Waals surface area contributed by atoms with Crippen LogP contribution in [0, 0.1) is 17.2 Å². The molecular formula is C17H16N2O. The van der Waals surface area contributed by atoms with Gasteiger partial charge in [-0.05, 0) is 25.0 Å². The zero-order chi connectivity index (χ0) is 13.9. The Morgan fingerprint density at radius 3 is 2.75 bits per heavy atom. The summed E-state index contributed by atoms with van der Waals surface area (Å²) in [6.45, 7) is 1.75. The number of piperidine rings is 1. The van der Waals surface area contributed by atoms with E-state index in [1.165, 1.54) is 0 Å². The molecule has 0 saturated carbocycles. The van der Waals surface area contributed by atoms with Crippen LogP contribution in [-0.4, -0.2) is 19.4 Å². The molecule has 3 nitrogen and oxygen atoms in total. The summed E-state index contributed by atoms with van der Waals surface area (Å²) in [4.78, 5) is 13.3. The Labute approximate surface area is 118 Å². The molecule has 1 aliphatic rings. The van der Waals surface area contributed by atoms with Crippen LogP contribution in [0.25, 0.3) is 10.8 Å². The van der Waals surface area contributed by atoms with E-state index in [4.69, 9.17) is 0 Å². The molecule has 0 N–H and O–H groups in total. The molecule has 0 amide bonds. The van der Waals surface area contributed by atoms with Gasteiger partial charge in [0.2, 0.25) is 0 Å². The summed E-state index contributed by atoms with van der Waals surface area (Å²) in [5.74, 6) is 0.123. The van der Waals surface area contributed by atoms with Crippen molar-refractivity contribution in [1.82, 2.24) is 0 Å². The number of rotatable bonds is 2. The van der Waals surface area contributed by atoms with Gasteiger partial charge in [0, 0.05) is 35.5 Å². The molecule has 0 aliphatic carbocycles. The molecule has 1 fully saturated rings. The molecular weight excluding hydrogens is 248 g/mol. The third-order valence-corrected chi connectivity index (χ3v) is 4.01. The Balaban J connectivity index is 2.08. The number of carbonyl (C=O) groups is 1. The van der Waals surface area contributed by atoms with Crippen LogP contribution in [-0.2, 0) is 4.79 Å². The first-order valence-electron chi connectivity index (χ1n) is 6.95. The van der Waals surface area contributed by atoms with Gasteiger partial charge in [0.25, 0.3) is 0 Å². The summed E-state index contributed by atoms with van der Waals surface area (Å²) >= 11 is 0. The lowest BCUT2D eigenvalue weighted by Crippen LogP contribution is -2.36. The minimum atomic E-state index is 0.123. The van der Waals surface area contributed by atoms with Gasteiger partial charge in [-0.15, -0.1) is 0 Å². The first kappa shape index (κ1) is 12.7. The minimum Gasteiger partial charge on any atom is -0.370 e. The van der Waals surface area contributed by atoms with Gasteiger partial charge in [-0.1, -0.05) is 24.3 Å². The van der Waals surface area contributed by atoms with Crippen molar-refractivity contribution in [2.45, 2.75) is 12.8 Å². The average molecular weight is 264 g/mol. The predicted molar refractivity (Wildman–Crippen MR) is 79.7 cm³/mol. The Bertz CT molecular complexity index is 687. The molecule has 1 aliphatic heterocycles. The van der Waals surface area contributed by atoms with E-state index in [0.717, 1.165) is 48.7 Å². The second-order valence-corrected chi connectivity index (χ2v) is 5.27. The maximum Gasteiger partial charge on any atom is 0.124 e. The van der Waals surface area contributed by atoms with Crippen LogP contribution in [0.15, 0.2) is 36.4 Å². The number of hydrogen-bond acceptors (Lipinski definition) is 3. The van der Waals surface area contributed by atoms with Gasteiger partial charge >= 0.3 is 0 Å². The van der Waals surface area contributed by atoms with E-state index in [-0.39, 0.29) is 5.92 Å². The number of fused-ring (bicyclic) bond motifs is 1. The van der Waals surface area contributed by atoms with Crippen LogP contribution in [0.2, 0.25) is 0 Å². The number of anilines is 1. The van der Waals surface area contributed by atoms with Gasteiger partial charge in [-0.2, -0.15) is 5.26 Å². The highest BCUT2D eigenvalue weighted by Crippen LogP contribution is 2.31. The molecule has 1 heterocycles. The summed E-state index contributed by atoms with van der Waals surface area (Å²) in [6.07, 6.45) is 3.09. The third-order valence-electron chi connectivity index (χ3n) is 4.01. The third kappa shape index (κ3) is 2.14. The lowest BCUT2D eigenvalue weighted by Gasteiger charge is -2.33. The second-order valence-electron chi connectivity index (χ2n) is 5.27. The number of benzene rings is 2. The van der Waals surface area contributed by atoms with E-state index in [1.54, 1.807) is 0 Å². The first-order chi connectivity index (χ1) is 9.83. The second kappa shape index (κ2) is 5.34. The monoisotopic (exact) mass is 264 g/mol. The van der Waals surface area contributed by atoms with E-state index in [9.17, 15) is 10.1 Å². The summed E-state index contributed by atoms with van der Waals surface area (Å²) in [5, 5.41) is 11.3. The molecule has 0 bridgehead atoms. The molecule has 3 heteroatoms. The van der Waals surface area contributed by atoms with E-state index in [0.29, 0.717) is 5.56 Å². The fraction of sp³-hybridized carbons (Fsp3) is 0.294. The van der Waals surface area contributed by atoms with E-state index in [1.807, 2.05) is 30.3 Å². The largest absolute Gasteiger partial charge is 0.370 e. The fourth-order valence-corrected chi connectivity index (χ4v) is 3.00. The maximum absolute atomic E-state index is 11.0. The van der Waals surface area contributed by atoms with Gasteiger partial charge in [-0.25, -0.2) is 0 Å². The SMILES string of the molecule is N#Cc1ccc(N2CCCC(C=O)C2)c2ccccc12. The molecule has 0 radical (unpaired) electrons. The van der Waals surface area contributed by atoms with Gasteiger partial charge < -0.3 is 9.69 Å². The highest BCUT2D eigenvalue weighted by Gasteiger charge is 2.21. The van der Waals surface area contributed by atoms with Crippen LogP contribution < -0.4 is 4.90 Å². The van der Waals surface area contributed by atoms with Crippen molar-refractivity contribution < 1.29 is 4.79 Å². The maximum atomic E-state index is 11.0. The van der Waals surface area contributed by atoms with Gasteiger partial charge in [0.1, 0.15) is 6.29 Å². The van der Waals surface area contributed by atoms with Crippen molar-refractivity contribution >= 4 is 22.7 Å². The predicted octanol–water partition coefficient (Wildman–Crippen LogP) is 3.13. The Hall–Kier alpha value is -2.34. The molecule has 100 valence electrons. The standard InChI is InChI=1S/C17H16N2O/c18-10-14-7-8-17(16-6-2-1-5-15(14)16)19-9-3-4-13(11-19)12-20/h1-2,5-8,12-13H,3-4,9,11H2. The molecule has 1 unspecified atom stereocenters. The summed E-state index contributed by atoms with van der Waals surface area (Å²) in [5.41, 5.74) is 1.83. The van der Waals surface area contributed by atoms with Crippen LogP contribution in [0.1, 0.15) is 18.4 Å². The van der Waals surface area contributed by atoms with Crippen molar-refractivity contribution in [2.24, 2.45) is 5.92 Å². The highest BCUT2D eigenvalue weighted by molar-refractivity contribution is 5.97. The number of nitriles is 1. The number of nitrogens with zero attached hydrogens (tertiary/aromatic N) is 2. The zero-order valence-electron chi connectivity index (χ0n) is 11.2. The average Bonchev–Trinajstić information content (AvgIpc) is 2.54. The number of aldehydes is 1. The van der Waals surface area contributed by atoms with Crippen molar-refractivity contribution in [2.75, 3.05) is 18.0 Å². The van der Waals surface area contributed by atoms with Crippen LogP contribution in [0.4, 0.5) is 5.69 Å². The quantitative estimate of drug-likeness (QED) is 0.783. The molecule has 0 spiro atoms. The molecule has 3 rings (SSSR count). The lowest BCUT2D eigenvalue weighted by molar-refractivity contribution is -0.111. The molecule has 1 atom stereocenters. The minimum absolute atomic E-state index is 0.123. The smallest absolute Gasteiger partial charge is 0.124 e. The normalized spacial score (nSPS) is 18.8. The number of carbonyl (C=O) groups excluding carboxylic acids is 1. The van der Waals surface area contributed by atoms with Crippen LogP contribution in [0.3, 0.4) is 0 Å². The van der Waals surface area contributed by atoms with Crippen molar-refractivity contribution in [3.8, 4) is 6.07 Å². The molecule has 1 saturated heterocycles. The van der Waals surface area contributed by atoms with Crippen molar-refractivity contribution in [1.29, 1.82) is 5.26 Å². The van der Waals surface area contributed by atoms with Crippen molar-refractivity contribution in [3.63, 3.8) is 0 Å². The molecule has 20 heavy (non-hydrogen) atoms. The molecule has 0 aromatic heterocycles. The van der Waals surface area contributed by atoms with E-state index in [2.05, 4.69) is 17.0 Å². The summed E-state index contributed by atoms with van der Waals surface area (Å²) < 4.78 is 0. The summed E-state index contributed by atoms with van der Waals surface area (Å²) in [7, 11) is 0. The van der Waals surface area contributed by atoms with Crippen LogP contribution in [0.5, 0.6) is 0 Å². The topological polar surface area (TPSA) is 44.1 Å². The molecule has 2 aromatic carbocycles. The Kier molecular flexibility index (Phi) is 3.39. The van der Waals surface area contributed by atoms with E-state index >= 15 is 0 Å². The van der Waals surface area contributed by atoms with Gasteiger partial charge in [0.15, 0.2) is 0 Å². The first-order valence-corrected chi connectivity index (χ1v) is 6.95. The van der Waals surface area contributed by atoms with Gasteiger partial charge in [0.05, 0.1) is 11.6 Å². The van der Waals surface area contributed by atoms with Crippen molar-refractivity contribution in [3.05, 3.63) is 42.0 Å². The van der Waals surface area contributed by atoms with Crippen LogP contribution >= 0.6 is 0 Å². The van der Waals surface area contributed by atoms with Gasteiger partial charge in [-0.3, -0.25) is 0 Å². The molecule has 2 aromatic rings. The summed E-state index contributed by atoms with van der Waals surface area (Å²) in [6, 6.07) is 14.1. The Morgan fingerprint density at radius 2 is 2.00 bits per heavy atom.